The monoisotopic (exact) mass is 183 g/mol. The third kappa shape index (κ3) is 2.29. The molecule has 0 radical (unpaired) electrons. The summed E-state index contributed by atoms with van der Waals surface area (Å²) >= 11 is 0. The van der Waals surface area contributed by atoms with Gasteiger partial charge in [0.25, 0.3) is 0 Å². The second-order valence-corrected chi connectivity index (χ2v) is 3.15. The summed E-state index contributed by atoms with van der Waals surface area (Å²) in [5.41, 5.74) is 1.15. The Morgan fingerprint density at radius 3 is 2.69 bits per heavy atom. The number of rotatable bonds is 4. The minimum Gasteiger partial charge on any atom is -0.380 e. The summed E-state index contributed by atoms with van der Waals surface area (Å²) in [6.45, 7) is 2.04. The van der Waals surface area contributed by atoms with Crippen LogP contribution in [0.5, 0.6) is 0 Å². The smallest absolute Gasteiger partial charge is 0.0738 e. The normalized spacial score (nSPS) is 15.7. The Morgan fingerprint density at radius 1 is 1.62 bits per heavy atom. The molecule has 0 spiro atoms. The van der Waals surface area contributed by atoms with Crippen LogP contribution in [0.15, 0.2) is 12.4 Å². The molecule has 0 aromatic carbocycles. The van der Waals surface area contributed by atoms with E-state index in [-0.39, 0.29) is 12.1 Å². The summed E-state index contributed by atoms with van der Waals surface area (Å²) in [6.07, 6.45) is 4.00. The molecule has 0 aliphatic rings. The van der Waals surface area contributed by atoms with Crippen LogP contribution in [0.25, 0.3) is 0 Å². The van der Waals surface area contributed by atoms with Gasteiger partial charge in [-0.25, -0.2) is 0 Å². The fraction of sp³-hybridized carbons (Fsp3) is 0.667. The zero-order chi connectivity index (χ0) is 9.84. The lowest BCUT2D eigenvalue weighted by molar-refractivity contribution is 0.0856. The molecule has 0 amide bonds. The van der Waals surface area contributed by atoms with E-state index in [1.165, 1.54) is 0 Å². The van der Waals surface area contributed by atoms with Gasteiger partial charge in [-0.1, -0.05) is 0 Å². The Kier molecular flexibility index (Phi) is 3.45. The number of methoxy groups -OCH3 is 1. The summed E-state index contributed by atoms with van der Waals surface area (Å²) in [5, 5.41) is 7.33. The number of aromatic nitrogens is 2. The van der Waals surface area contributed by atoms with Gasteiger partial charge in [0.05, 0.1) is 18.3 Å². The molecule has 1 aromatic heterocycles. The number of ether oxygens (including phenoxy) is 1. The molecule has 0 saturated heterocycles. The summed E-state index contributed by atoms with van der Waals surface area (Å²) in [4.78, 5) is 0. The summed E-state index contributed by atoms with van der Waals surface area (Å²) < 4.78 is 7.06. The Bertz CT molecular complexity index is 259. The molecule has 13 heavy (non-hydrogen) atoms. The fourth-order valence-corrected chi connectivity index (χ4v) is 1.41. The van der Waals surface area contributed by atoms with Crippen molar-refractivity contribution in [3.05, 3.63) is 18.0 Å². The topological polar surface area (TPSA) is 39.1 Å². The van der Waals surface area contributed by atoms with Gasteiger partial charge >= 0.3 is 0 Å². The zero-order valence-electron chi connectivity index (χ0n) is 8.61. The van der Waals surface area contributed by atoms with E-state index in [4.69, 9.17) is 4.74 Å². The number of hydrogen-bond donors (Lipinski definition) is 1. The largest absolute Gasteiger partial charge is 0.380 e. The third-order valence-electron chi connectivity index (χ3n) is 2.24. The SMILES string of the molecule is CNC(c1cnn(C)c1)C(C)OC. The van der Waals surface area contributed by atoms with Crippen LogP contribution in [0.1, 0.15) is 18.5 Å². The maximum atomic E-state index is 5.27. The zero-order valence-corrected chi connectivity index (χ0v) is 8.61. The Labute approximate surface area is 78.9 Å². The standard InChI is InChI=1S/C9H17N3O/c1-7(13-4)9(10-2)8-5-11-12(3)6-8/h5-7,9-10H,1-4H3. The van der Waals surface area contributed by atoms with Crippen molar-refractivity contribution < 1.29 is 4.74 Å². The van der Waals surface area contributed by atoms with E-state index in [1.807, 2.05) is 33.4 Å². The van der Waals surface area contributed by atoms with Crippen LogP contribution >= 0.6 is 0 Å². The quantitative estimate of drug-likeness (QED) is 0.747. The van der Waals surface area contributed by atoms with Crippen molar-refractivity contribution in [3.8, 4) is 0 Å². The van der Waals surface area contributed by atoms with Gasteiger partial charge in [0.15, 0.2) is 0 Å². The molecule has 0 fully saturated rings. The van der Waals surface area contributed by atoms with Gasteiger partial charge in [-0.05, 0) is 14.0 Å². The Morgan fingerprint density at radius 2 is 2.31 bits per heavy atom. The van der Waals surface area contributed by atoms with Gasteiger partial charge in [0.1, 0.15) is 0 Å². The third-order valence-corrected chi connectivity index (χ3v) is 2.24. The number of nitrogens with zero attached hydrogens (tertiary/aromatic N) is 2. The van der Waals surface area contributed by atoms with E-state index in [1.54, 1.807) is 11.8 Å². The van der Waals surface area contributed by atoms with Gasteiger partial charge in [-0.2, -0.15) is 5.10 Å². The van der Waals surface area contributed by atoms with Crippen molar-refractivity contribution in [2.24, 2.45) is 7.05 Å². The average molecular weight is 183 g/mol. The molecule has 4 nitrogen and oxygen atoms in total. The van der Waals surface area contributed by atoms with E-state index in [9.17, 15) is 0 Å². The molecule has 1 aromatic rings. The lowest BCUT2D eigenvalue weighted by atomic mass is 10.1. The molecule has 0 aliphatic carbocycles. The first-order valence-electron chi connectivity index (χ1n) is 4.37. The highest BCUT2D eigenvalue weighted by Crippen LogP contribution is 2.16. The van der Waals surface area contributed by atoms with Crippen LogP contribution in [-0.2, 0) is 11.8 Å². The van der Waals surface area contributed by atoms with Gasteiger partial charge < -0.3 is 10.1 Å². The Balaban J connectivity index is 2.77. The molecule has 1 rings (SSSR count). The number of aryl methyl sites for hydroxylation is 1. The van der Waals surface area contributed by atoms with E-state index in [0.29, 0.717) is 0 Å². The van der Waals surface area contributed by atoms with E-state index < -0.39 is 0 Å². The predicted molar refractivity (Wildman–Crippen MR) is 51.5 cm³/mol. The molecule has 4 heteroatoms. The maximum absolute atomic E-state index is 5.27. The first kappa shape index (κ1) is 10.2. The highest BCUT2D eigenvalue weighted by molar-refractivity contribution is 5.11. The predicted octanol–water partition coefficient (Wildman–Crippen LogP) is 0.715. The van der Waals surface area contributed by atoms with Crippen LogP contribution in [0.3, 0.4) is 0 Å². The fourth-order valence-electron chi connectivity index (χ4n) is 1.41. The molecule has 74 valence electrons. The molecule has 0 saturated carbocycles. The lowest BCUT2D eigenvalue weighted by Gasteiger charge is -2.20. The van der Waals surface area contributed by atoms with Crippen molar-refractivity contribution in [1.82, 2.24) is 15.1 Å². The summed E-state index contributed by atoms with van der Waals surface area (Å²) in [6, 6.07) is 0.207. The van der Waals surface area contributed by atoms with E-state index >= 15 is 0 Å². The van der Waals surface area contributed by atoms with Gasteiger partial charge in [0.2, 0.25) is 0 Å². The van der Waals surface area contributed by atoms with Crippen LogP contribution in [0, 0.1) is 0 Å². The number of nitrogens with one attached hydrogen (secondary N) is 1. The highest BCUT2D eigenvalue weighted by Gasteiger charge is 2.17. The molecule has 2 unspecified atom stereocenters. The molecular formula is C9H17N3O. The maximum Gasteiger partial charge on any atom is 0.0738 e. The summed E-state index contributed by atoms with van der Waals surface area (Å²) in [5.74, 6) is 0. The molecule has 1 N–H and O–H groups in total. The molecule has 0 bridgehead atoms. The molecule has 1 heterocycles. The minimum atomic E-state index is 0.147. The average Bonchev–Trinajstić information content (AvgIpc) is 2.53. The van der Waals surface area contributed by atoms with Crippen LogP contribution < -0.4 is 5.32 Å². The lowest BCUT2D eigenvalue weighted by Crippen LogP contribution is -2.28. The summed E-state index contributed by atoms with van der Waals surface area (Å²) in [7, 11) is 5.55. The van der Waals surface area contributed by atoms with Crippen LogP contribution in [0.2, 0.25) is 0 Å². The second-order valence-electron chi connectivity index (χ2n) is 3.15. The molecule has 2 atom stereocenters. The van der Waals surface area contributed by atoms with Crippen LogP contribution in [-0.4, -0.2) is 30.0 Å². The second kappa shape index (κ2) is 4.39. The van der Waals surface area contributed by atoms with E-state index in [0.717, 1.165) is 5.56 Å². The van der Waals surface area contributed by atoms with Gasteiger partial charge in [0, 0.05) is 25.9 Å². The number of hydrogen-bond acceptors (Lipinski definition) is 3. The van der Waals surface area contributed by atoms with Gasteiger partial charge in [-0.15, -0.1) is 0 Å². The Hall–Kier alpha value is -0.870. The highest BCUT2D eigenvalue weighted by atomic mass is 16.5. The van der Waals surface area contributed by atoms with Crippen molar-refractivity contribution in [1.29, 1.82) is 0 Å². The van der Waals surface area contributed by atoms with Crippen molar-refractivity contribution in [2.45, 2.75) is 19.1 Å². The van der Waals surface area contributed by atoms with E-state index in [2.05, 4.69) is 10.4 Å². The van der Waals surface area contributed by atoms with Crippen molar-refractivity contribution >= 4 is 0 Å². The van der Waals surface area contributed by atoms with Crippen molar-refractivity contribution in [3.63, 3.8) is 0 Å². The molecular weight excluding hydrogens is 166 g/mol. The molecule has 0 aliphatic heterocycles. The first-order valence-corrected chi connectivity index (χ1v) is 4.37. The first-order chi connectivity index (χ1) is 6.19. The minimum absolute atomic E-state index is 0.147. The number of likely N-dealkylation sites (N-methyl/N-ethyl adjacent to an activating group) is 1. The van der Waals surface area contributed by atoms with Crippen molar-refractivity contribution in [2.75, 3.05) is 14.2 Å². The van der Waals surface area contributed by atoms with Crippen LogP contribution in [0.4, 0.5) is 0 Å². The van der Waals surface area contributed by atoms with Gasteiger partial charge in [-0.3, -0.25) is 4.68 Å².